The second-order valence-electron chi connectivity index (χ2n) is 2.88. The molecule has 0 radical (unpaired) electrons. The van der Waals surface area contributed by atoms with Gasteiger partial charge in [-0.25, -0.2) is 4.79 Å². The molecule has 1 rings (SSSR count). The molecule has 4 nitrogen and oxygen atoms in total. The van der Waals surface area contributed by atoms with E-state index < -0.39 is 6.29 Å². The van der Waals surface area contributed by atoms with Crippen LogP contribution in [0, 0.1) is 0 Å². The first kappa shape index (κ1) is 9.80. The van der Waals surface area contributed by atoms with E-state index in [1.807, 2.05) is 0 Å². The van der Waals surface area contributed by atoms with Crippen LogP contribution in [0.25, 0.3) is 0 Å². The van der Waals surface area contributed by atoms with Crippen LogP contribution in [0.1, 0.15) is 13.8 Å². The number of cyclic esters (lactones) is 1. The first-order valence-corrected chi connectivity index (χ1v) is 3.95. The van der Waals surface area contributed by atoms with Crippen LogP contribution in [-0.2, 0) is 14.3 Å². The Morgan fingerprint density at radius 2 is 2.54 bits per heavy atom. The number of ether oxygens (including phenoxy) is 2. The average molecular weight is 184 g/mol. The fourth-order valence-corrected chi connectivity index (χ4v) is 0.792. The molecule has 72 valence electrons. The summed E-state index contributed by atoms with van der Waals surface area (Å²) in [4.78, 5) is 10.9. The second kappa shape index (κ2) is 4.09. The molecule has 1 atom stereocenters. The molecule has 0 aliphatic carbocycles. The third-order valence-corrected chi connectivity index (χ3v) is 1.58. The van der Waals surface area contributed by atoms with Crippen molar-refractivity contribution in [2.24, 2.45) is 0 Å². The van der Waals surface area contributed by atoms with Crippen molar-refractivity contribution in [3.05, 3.63) is 23.5 Å². The number of hydrogen-bond donors (Lipinski definition) is 1. The second-order valence-corrected chi connectivity index (χ2v) is 2.88. The predicted molar refractivity (Wildman–Crippen MR) is 45.6 cm³/mol. The lowest BCUT2D eigenvalue weighted by Gasteiger charge is -2.07. The van der Waals surface area contributed by atoms with Gasteiger partial charge in [-0.2, -0.15) is 0 Å². The summed E-state index contributed by atoms with van der Waals surface area (Å²) >= 11 is 0. The summed E-state index contributed by atoms with van der Waals surface area (Å²) < 4.78 is 9.84. The topological polar surface area (TPSA) is 55.8 Å². The van der Waals surface area contributed by atoms with Crippen LogP contribution < -0.4 is 0 Å². The van der Waals surface area contributed by atoms with Crippen molar-refractivity contribution < 1.29 is 19.4 Å². The highest BCUT2D eigenvalue weighted by molar-refractivity contribution is 5.89. The summed E-state index contributed by atoms with van der Waals surface area (Å²) in [5, 5.41) is 8.64. The summed E-state index contributed by atoms with van der Waals surface area (Å²) in [6, 6.07) is 0. The van der Waals surface area contributed by atoms with Gasteiger partial charge in [-0.3, -0.25) is 0 Å². The molecule has 4 heteroatoms. The Labute approximate surface area is 76.5 Å². The molecule has 0 bridgehead atoms. The van der Waals surface area contributed by atoms with Crippen molar-refractivity contribution in [2.45, 2.75) is 20.1 Å². The maximum atomic E-state index is 10.9. The van der Waals surface area contributed by atoms with Gasteiger partial charge in [0.25, 0.3) is 6.29 Å². The van der Waals surface area contributed by atoms with E-state index in [4.69, 9.17) is 14.6 Å². The summed E-state index contributed by atoms with van der Waals surface area (Å²) in [6.07, 6.45) is 2.32. The lowest BCUT2D eigenvalue weighted by atomic mass is 10.3. The highest BCUT2D eigenvalue weighted by atomic mass is 16.7. The van der Waals surface area contributed by atoms with Crippen molar-refractivity contribution in [1.82, 2.24) is 0 Å². The first-order valence-electron chi connectivity index (χ1n) is 3.95. The monoisotopic (exact) mass is 184 g/mol. The third-order valence-electron chi connectivity index (χ3n) is 1.58. The molecule has 1 heterocycles. The number of rotatable bonds is 3. The fourth-order valence-electron chi connectivity index (χ4n) is 0.792. The highest BCUT2D eigenvalue weighted by Crippen LogP contribution is 2.14. The highest BCUT2D eigenvalue weighted by Gasteiger charge is 2.22. The standard InChI is InChI=1S/C9H12O4/c1-6(4-10)5-12-8-3-7(2)9(11)13-8/h3,5,8,10H,4H2,1-2H3/b6-5-. The molecular formula is C9H12O4. The van der Waals surface area contributed by atoms with E-state index in [0.29, 0.717) is 11.1 Å². The molecule has 0 saturated heterocycles. The fraction of sp³-hybridized carbons (Fsp3) is 0.444. The maximum absolute atomic E-state index is 10.9. The van der Waals surface area contributed by atoms with Crippen LogP contribution in [-0.4, -0.2) is 24.0 Å². The van der Waals surface area contributed by atoms with Crippen molar-refractivity contribution >= 4 is 5.97 Å². The van der Waals surface area contributed by atoms with Gasteiger partial charge < -0.3 is 14.6 Å². The smallest absolute Gasteiger partial charge is 0.336 e. The molecular weight excluding hydrogens is 172 g/mol. The van der Waals surface area contributed by atoms with Gasteiger partial charge in [0.1, 0.15) is 0 Å². The molecule has 0 aromatic heterocycles. The molecule has 1 aliphatic heterocycles. The van der Waals surface area contributed by atoms with Crippen LogP contribution in [0.2, 0.25) is 0 Å². The van der Waals surface area contributed by atoms with Gasteiger partial charge in [0.15, 0.2) is 0 Å². The van der Waals surface area contributed by atoms with Gasteiger partial charge in [-0.05, 0) is 19.4 Å². The van der Waals surface area contributed by atoms with E-state index in [0.717, 1.165) is 0 Å². The lowest BCUT2D eigenvalue weighted by Crippen LogP contribution is -2.09. The van der Waals surface area contributed by atoms with E-state index in [2.05, 4.69) is 0 Å². The predicted octanol–water partition coefficient (Wildman–Crippen LogP) is 0.728. The van der Waals surface area contributed by atoms with Crippen LogP contribution in [0.15, 0.2) is 23.5 Å². The number of esters is 1. The SMILES string of the molecule is CC1=CC(O/C=C(/C)CO)OC1=O. The van der Waals surface area contributed by atoms with Crippen molar-refractivity contribution in [2.75, 3.05) is 6.61 Å². The van der Waals surface area contributed by atoms with Gasteiger partial charge >= 0.3 is 5.97 Å². The minimum atomic E-state index is -0.644. The molecule has 0 aromatic rings. The molecule has 0 spiro atoms. The van der Waals surface area contributed by atoms with Crippen LogP contribution >= 0.6 is 0 Å². The summed E-state index contributed by atoms with van der Waals surface area (Å²) in [5.41, 5.74) is 1.22. The quantitative estimate of drug-likeness (QED) is 0.519. The minimum absolute atomic E-state index is 0.0661. The molecule has 1 aliphatic rings. The molecule has 1 unspecified atom stereocenters. The normalized spacial score (nSPS) is 22.7. The maximum Gasteiger partial charge on any atom is 0.336 e. The van der Waals surface area contributed by atoms with E-state index >= 15 is 0 Å². The largest absolute Gasteiger partial charge is 0.459 e. The molecule has 0 fully saturated rings. The Kier molecular flexibility index (Phi) is 3.08. The number of carbonyl (C=O) groups is 1. The molecule has 0 aromatic carbocycles. The Hall–Kier alpha value is -1.29. The average Bonchev–Trinajstić information content (AvgIpc) is 2.42. The zero-order valence-electron chi connectivity index (χ0n) is 7.61. The molecule has 1 N–H and O–H groups in total. The lowest BCUT2D eigenvalue weighted by molar-refractivity contribution is -0.152. The number of aliphatic hydroxyl groups excluding tert-OH is 1. The first-order chi connectivity index (χ1) is 6.13. The Balaban J connectivity index is 2.46. The van der Waals surface area contributed by atoms with E-state index in [1.54, 1.807) is 19.9 Å². The minimum Gasteiger partial charge on any atom is -0.459 e. The Morgan fingerprint density at radius 1 is 1.85 bits per heavy atom. The van der Waals surface area contributed by atoms with Gasteiger partial charge in [-0.15, -0.1) is 0 Å². The molecule has 0 amide bonds. The van der Waals surface area contributed by atoms with E-state index in [1.165, 1.54) is 6.26 Å². The zero-order chi connectivity index (χ0) is 9.84. The van der Waals surface area contributed by atoms with Crippen LogP contribution in [0.5, 0.6) is 0 Å². The molecule has 13 heavy (non-hydrogen) atoms. The zero-order valence-corrected chi connectivity index (χ0v) is 7.61. The summed E-state index contributed by atoms with van der Waals surface area (Å²) in [7, 11) is 0. The van der Waals surface area contributed by atoms with Gasteiger partial charge in [0.05, 0.1) is 12.9 Å². The van der Waals surface area contributed by atoms with E-state index in [-0.39, 0.29) is 12.6 Å². The van der Waals surface area contributed by atoms with Crippen molar-refractivity contribution in [3.8, 4) is 0 Å². The Morgan fingerprint density at radius 3 is 3.00 bits per heavy atom. The van der Waals surface area contributed by atoms with Crippen molar-refractivity contribution in [3.63, 3.8) is 0 Å². The molecule has 0 saturated carbocycles. The summed E-state index contributed by atoms with van der Waals surface area (Å²) in [6.45, 7) is 3.31. The third kappa shape index (κ3) is 2.59. The van der Waals surface area contributed by atoms with Gasteiger partial charge in [0.2, 0.25) is 0 Å². The number of aliphatic hydroxyl groups is 1. The van der Waals surface area contributed by atoms with Crippen LogP contribution in [0.3, 0.4) is 0 Å². The summed E-state index contributed by atoms with van der Waals surface area (Å²) in [5.74, 6) is -0.361. The number of carbonyl (C=O) groups excluding carboxylic acids is 1. The van der Waals surface area contributed by atoms with Crippen LogP contribution in [0.4, 0.5) is 0 Å². The van der Waals surface area contributed by atoms with Gasteiger partial charge in [-0.1, -0.05) is 0 Å². The Bertz CT molecular complexity index is 265. The number of hydrogen-bond acceptors (Lipinski definition) is 4. The van der Waals surface area contributed by atoms with E-state index in [9.17, 15) is 4.79 Å². The van der Waals surface area contributed by atoms with Crippen molar-refractivity contribution in [1.29, 1.82) is 0 Å². The van der Waals surface area contributed by atoms with Gasteiger partial charge in [0, 0.05) is 11.6 Å².